The topological polar surface area (TPSA) is 46.9 Å². The highest BCUT2D eigenvalue weighted by Crippen LogP contribution is 2.22. The minimum Gasteiger partial charge on any atom is -0.319 e. The molecule has 6 heteroatoms. The smallest absolute Gasteiger partial charge is 0.255 e. The summed E-state index contributed by atoms with van der Waals surface area (Å²) >= 11 is 3.37. The van der Waals surface area contributed by atoms with Gasteiger partial charge in [0.15, 0.2) is 0 Å². The Labute approximate surface area is 153 Å². The molecule has 4 nitrogen and oxygen atoms in total. The molecule has 0 spiro atoms. The lowest BCUT2D eigenvalue weighted by Gasteiger charge is -2.08. The highest BCUT2D eigenvalue weighted by Gasteiger charge is 2.15. The quantitative estimate of drug-likeness (QED) is 0.688. The number of hydrogen-bond donors (Lipinski definition) is 1. The predicted octanol–water partition coefficient (Wildman–Crippen LogP) is 4.70. The van der Waals surface area contributed by atoms with E-state index < -0.39 is 0 Å². The van der Waals surface area contributed by atoms with E-state index in [0.717, 1.165) is 21.4 Å². The molecule has 0 radical (unpaired) electrons. The number of nitrogens with one attached hydrogen (secondary N) is 1. The van der Waals surface area contributed by atoms with Crippen molar-refractivity contribution < 1.29 is 9.18 Å². The van der Waals surface area contributed by atoms with E-state index in [1.807, 2.05) is 26.0 Å². The molecule has 2 aromatic carbocycles. The van der Waals surface area contributed by atoms with Crippen molar-refractivity contribution in [2.24, 2.45) is 0 Å². The van der Waals surface area contributed by atoms with Crippen LogP contribution < -0.4 is 5.32 Å². The molecule has 1 amide bonds. The van der Waals surface area contributed by atoms with Crippen molar-refractivity contribution in [3.8, 4) is 0 Å². The van der Waals surface area contributed by atoms with Gasteiger partial charge in [-0.3, -0.25) is 9.48 Å². The Morgan fingerprint density at radius 1 is 1.20 bits per heavy atom. The largest absolute Gasteiger partial charge is 0.319 e. The number of aryl methyl sites for hydroxylation is 1. The van der Waals surface area contributed by atoms with Gasteiger partial charge >= 0.3 is 0 Å². The van der Waals surface area contributed by atoms with E-state index in [2.05, 4.69) is 26.3 Å². The number of hydrogen-bond acceptors (Lipinski definition) is 2. The van der Waals surface area contributed by atoms with Crippen molar-refractivity contribution >= 4 is 27.5 Å². The Morgan fingerprint density at radius 2 is 1.92 bits per heavy atom. The average molecular weight is 402 g/mol. The number of anilines is 1. The second-order valence-corrected chi connectivity index (χ2v) is 6.71. The first-order valence-electron chi connectivity index (χ1n) is 7.79. The SMILES string of the molecule is Cc1nn(Cc2ccc(F)cc2)c(C)c1NC(=O)c1cccc(Br)c1. The fraction of sp³-hybridized carbons (Fsp3) is 0.158. The second kappa shape index (κ2) is 7.19. The molecular formula is C19H17BrFN3O. The lowest BCUT2D eigenvalue weighted by Crippen LogP contribution is -2.13. The van der Waals surface area contributed by atoms with E-state index in [-0.39, 0.29) is 11.7 Å². The molecule has 0 aliphatic rings. The maximum Gasteiger partial charge on any atom is 0.255 e. The summed E-state index contributed by atoms with van der Waals surface area (Å²) in [5, 5.41) is 7.43. The zero-order valence-corrected chi connectivity index (χ0v) is 15.5. The Bertz CT molecular complexity index is 919. The van der Waals surface area contributed by atoms with E-state index >= 15 is 0 Å². The van der Waals surface area contributed by atoms with Crippen LogP contribution in [0.2, 0.25) is 0 Å². The molecule has 1 heterocycles. The summed E-state index contributed by atoms with van der Waals surface area (Å²) in [6.45, 7) is 4.27. The van der Waals surface area contributed by atoms with Crippen molar-refractivity contribution in [3.63, 3.8) is 0 Å². The summed E-state index contributed by atoms with van der Waals surface area (Å²) in [6, 6.07) is 13.5. The molecule has 3 rings (SSSR count). The molecule has 0 atom stereocenters. The molecule has 0 fully saturated rings. The Hall–Kier alpha value is -2.47. The number of benzene rings is 2. The van der Waals surface area contributed by atoms with E-state index in [9.17, 15) is 9.18 Å². The van der Waals surface area contributed by atoms with E-state index in [1.54, 1.807) is 28.9 Å². The zero-order valence-electron chi connectivity index (χ0n) is 13.9. The van der Waals surface area contributed by atoms with Gasteiger partial charge in [-0.25, -0.2) is 4.39 Å². The summed E-state index contributed by atoms with van der Waals surface area (Å²) in [5.41, 5.74) is 3.80. The van der Waals surface area contributed by atoms with Crippen LogP contribution in [0.15, 0.2) is 53.0 Å². The molecular weight excluding hydrogens is 385 g/mol. The highest BCUT2D eigenvalue weighted by atomic mass is 79.9. The molecule has 1 N–H and O–H groups in total. The number of nitrogens with zero attached hydrogens (tertiary/aromatic N) is 2. The van der Waals surface area contributed by atoms with Crippen LogP contribution in [0.25, 0.3) is 0 Å². The van der Waals surface area contributed by atoms with Crippen molar-refractivity contribution in [1.82, 2.24) is 9.78 Å². The van der Waals surface area contributed by atoms with Gasteiger partial charge in [0.1, 0.15) is 5.82 Å². The highest BCUT2D eigenvalue weighted by molar-refractivity contribution is 9.10. The van der Waals surface area contributed by atoms with Crippen LogP contribution in [0.5, 0.6) is 0 Å². The van der Waals surface area contributed by atoms with E-state index in [1.165, 1.54) is 12.1 Å². The molecule has 25 heavy (non-hydrogen) atoms. The van der Waals surface area contributed by atoms with Crippen molar-refractivity contribution in [1.29, 1.82) is 0 Å². The second-order valence-electron chi connectivity index (χ2n) is 5.79. The summed E-state index contributed by atoms with van der Waals surface area (Å²) in [4.78, 5) is 12.5. The summed E-state index contributed by atoms with van der Waals surface area (Å²) in [6.07, 6.45) is 0. The maximum atomic E-state index is 13.0. The number of carbonyl (C=O) groups is 1. The van der Waals surface area contributed by atoms with Crippen LogP contribution in [0.3, 0.4) is 0 Å². The Kier molecular flexibility index (Phi) is 4.99. The zero-order chi connectivity index (χ0) is 18.0. The first-order valence-corrected chi connectivity index (χ1v) is 8.58. The van der Waals surface area contributed by atoms with Crippen molar-refractivity contribution in [2.75, 3.05) is 5.32 Å². The molecule has 0 aliphatic heterocycles. The van der Waals surface area contributed by atoms with Crippen molar-refractivity contribution in [3.05, 3.63) is 81.3 Å². The van der Waals surface area contributed by atoms with Crippen LogP contribution in [-0.4, -0.2) is 15.7 Å². The molecule has 0 bridgehead atoms. The van der Waals surface area contributed by atoms with Crippen LogP contribution in [0.1, 0.15) is 27.3 Å². The third-order valence-electron chi connectivity index (χ3n) is 3.95. The summed E-state index contributed by atoms with van der Waals surface area (Å²) in [7, 11) is 0. The van der Waals surface area contributed by atoms with E-state index in [4.69, 9.17) is 0 Å². The van der Waals surface area contributed by atoms with Crippen LogP contribution in [0, 0.1) is 19.7 Å². The molecule has 0 saturated carbocycles. The maximum absolute atomic E-state index is 13.0. The monoisotopic (exact) mass is 401 g/mol. The number of amides is 1. The number of rotatable bonds is 4. The fourth-order valence-electron chi connectivity index (χ4n) is 2.61. The lowest BCUT2D eigenvalue weighted by atomic mass is 10.2. The number of carbonyl (C=O) groups excluding carboxylic acids is 1. The standard InChI is InChI=1S/C19H17BrFN3O/c1-12-18(22-19(25)15-4-3-5-16(20)10-15)13(2)24(23-12)11-14-6-8-17(21)9-7-14/h3-10H,11H2,1-2H3,(H,22,25). The molecule has 0 aliphatic carbocycles. The third-order valence-corrected chi connectivity index (χ3v) is 4.45. The number of halogens is 2. The van der Waals surface area contributed by atoms with Crippen LogP contribution in [-0.2, 0) is 6.54 Å². The minimum atomic E-state index is -0.265. The van der Waals surface area contributed by atoms with Gasteiger partial charge in [0, 0.05) is 10.0 Å². The fourth-order valence-corrected chi connectivity index (χ4v) is 3.01. The molecule has 1 aromatic heterocycles. The molecule has 3 aromatic rings. The van der Waals surface area contributed by atoms with E-state index in [0.29, 0.717) is 17.8 Å². The molecule has 0 unspecified atom stereocenters. The van der Waals surface area contributed by atoms with Gasteiger partial charge in [0.25, 0.3) is 5.91 Å². The van der Waals surface area contributed by atoms with Gasteiger partial charge in [-0.2, -0.15) is 5.10 Å². The number of aromatic nitrogens is 2. The lowest BCUT2D eigenvalue weighted by molar-refractivity contribution is 0.102. The summed E-state index contributed by atoms with van der Waals surface area (Å²) in [5.74, 6) is -0.451. The Balaban J connectivity index is 1.82. The van der Waals surface area contributed by atoms with Crippen LogP contribution >= 0.6 is 15.9 Å². The van der Waals surface area contributed by atoms with Crippen LogP contribution in [0.4, 0.5) is 10.1 Å². The van der Waals surface area contributed by atoms with Gasteiger partial charge in [0.2, 0.25) is 0 Å². The van der Waals surface area contributed by atoms with Crippen molar-refractivity contribution in [2.45, 2.75) is 20.4 Å². The normalized spacial score (nSPS) is 10.7. The average Bonchev–Trinajstić information content (AvgIpc) is 2.84. The molecule has 0 saturated heterocycles. The minimum absolute atomic E-state index is 0.186. The third kappa shape index (κ3) is 3.96. The Morgan fingerprint density at radius 3 is 2.60 bits per heavy atom. The van der Waals surface area contributed by atoms with Gasteiger partial charge in [-0.1, -0.05) is 34.1 Å². The first kappa shape index (κ1) is 17.4. The van der Waals surface area contributed by atoms with Gasteiger partial charge in [-0.15, -0.1) is 0 Å². The first-order chi connectivity index (χ1) is 11.9. The van der Waals surface area contributed by atoms with Gasteiger partial charge < -0.3 is 5.32 Å². The van der Waals surface area contributed by atoms with Gasteiger partial charge in [-0.05, 0) is 49.7 Å². The predicted molar refractivity (Wildman–Crippen MR) is 99.3 cm³/mol. The molecule has 128 valence electrons. The van der Waals surface area contributed by atoms with Gasteiger partial charge in [0.05, 0.1) is 23.6 Å². The summed E-state index contributed by atoms with van der Waals surface area (Å²) < 4.78 is 15.7.